The Balaban J connectivity index is 1.50. The minimum Gasteiger partial charge on any atom is -0.349 e. The molecule has 2 aromatic carbocycles. The van der Waals surface area contributed by atoms with Crippen LogP contribution in [0.1, 0.15) is 27.9 Å². The number of alkyl halides is 3. The van der Waals surface area contributed by atoms with E-state index in [0.29, 0.717) is 18.1 Å². The van der Waals surface area contributed by atoms with Crippen molar-refractivity contribution in [1.29, 1.82) is 0 Å². The first kappa shape index (κ1) is 24.0. The molecule has 0 aliphatic carbocycles. The van der Waals surface area contributed by atoms with E-state index in [4.69, 9.17) is 11.6 Å². The minimum absolute atomic E-state index is 0.0232. The van der Waals surface area contributed by atoms with Gasteiger partial charge < -0.3 is 21.3 Å². The lowest BCUT2D eigenvalue weighted by Gasteiger charge is -2.33. The van der Waals surface area contributed by atoms with Crippen molar-refractivity contribution < 1.29 is 22.8 Å². The second kappa shape index (κ2) is 10.8. The van der Waals surface area contributed by atoms with Gasteiger partial charge in [-0.1, -0.05) is 29.8 Å². The molecule has 1 fully saturated rings. The van der Waals surface area contributed by atoms with Crippen LogP contribution >= 0.6 is 11.6 Å². The van der Waals surface area contributed by atoms with Crippen molar-refractivity contribution >= 4 is 23.4 Å². The highest BCUT2D eigenvalue weighted by Crippen LogP contribution is 2.29. The number of hydrogen-bond donors (Lipinski definition) is 4. The van der Waals surface area contributed by atoms with Gasteiger partial charge in [0.25, 0.3) is 5.91 Å². The number of carbonyl (C=O) groups is 2. The van der Waals surface area contributed by atoms with Crippen LogP contribution in [0.25, 0.3) is 0 Å². The molecule has 2 amide bonds. The molecule has 0 spiro atoms. The van der Waals surface area contributed by atoms with Crippen molar-refractivity contribution in [1.82, 2.24) is 21.3 Å². The van der Waals surface area contributed by atoms with Crippen LogP contribution in [0.15, 0.2) is 48.5 Å². The molecule has 1 aliphatic rings. The van der Waals surface area contributed by atoms with Gasteiger partial charge in [0.15, 0.2) is 0 Å². The fraction of sp³-hybridized carbons (Fsp3) is 0.364. The number of hydrogen-bond acceptors (Lipinski definition) is 4. The zero-order valence-corrected chi connectivity index (χ0v) is 17.9. The van der Waals surface area contributed by atoms with E-state index in [0.717, 1.165) is 36.7 Å². The average molecular weight is 469 g/mol. The number of nitrogens with one attached hydrogen (secondary N) is 4. The summed E-state index contributed by atoms with van der Waals surface area (Å²) in [6.45, 7) is 1.64. The Hall–Kier alpha value is -2.62. The van der Waals surface area contributed by atoms with Crippen molar-refractivity contribution in [2.45, 2.75) is 31.2 Å². The zero-order chi connectivity index (χ0) is 23.1. The third kappa shape index (κ3) is 6.94. The van der Waals surface area contributed by atoms with Crippen molar-refractivity contribution in [3.05, 3.63) is 70.2 Å². The van der Waals surface area contributed by atoms with Crippen LogP contribution in [0, 0.1) is 0 Å². The monoisotopic (exact) mass is 468 g/mol. The summed E-state index contributed by atoms with van der Waals surface area (Å²) < 4.78 is 38.5. The molecule has 0 saturated carbocycles. The Bertz CT molecular complexity index is 938. The molecule has 1 saturated heterocycles. The molecule has 1 aliphatic heterocycles. The summed E-state index contributed by atoms with van der Waals surface area (Å²) in [7, 11) is 0. The summed E-state index contributed by atoms with van der Waals surface area (Å²) in [6.07, 6.45) is -3.75. The number of piperidine rings is 1. The highest BCUT2D eigenvalue weighted by Gasteiger charge is 2.31. The maximum atomic E-state index is 12.8. The highest BCUT2D eigenvalue weighted by molar-refractivity contribution is 6.30. The van der Waals surface area contributed by atoms with E-state index >= 15 is 0 Å². The summed E-state index contributed by atoms with van der Waals surface area (Å²) in [4.78, 5) is 24.5. The van der Waals surface area contributed by atoms with Gasteiger partial charge in [-0.2, -0.15) is 13.2 Å². The summed E-state index contributed by atoms with van der Waals surface area (Å²) in [5.74, 6) is -1.16. The van der Waals surface area contributed by atoms with Gasteiger partial charge in [0.1, 0.15) is 0 Å². The van der Waals surface area contributed by atoms with Crippen molar-refractivity contribution in [3.8, 4) is 0 Å². The van der Waals surface area contributed by atoms with Crippen molar-refractivity contribution in [2.24, 2.45) is 0 Å². The normalized spacial score (nSPS) is 18.8. The van der Waals surface area contributed by atoms with E-state index in [9.17, 15) is 22.8 Å². The van der Waals surface area contributed by atoms with Gasteiger partial charge in [0.05, 0.1) is 18.2 Å². The van der Waals surface area contributed by atoms with Crippen LogP contribution in [0.5, 0.6) is 0 Å². The molecule has 32 heavy (non-hydrogen) atoms. The highest BCUT2D eigenvalue weighted by atomic mass is 35.5. The molecular formula is C22H24ClF3N4O2. The average Bonchev–Trinajstić information content (AvgIpc) is 2.77. The number of benzene rings is 2. The van der Waals surface area contributed by atoms with E-state index in [2.05, 4.69) is 21.3 Å². The molecule has 3 rings (SSSR count). The van der Waals surface area contributed by atoms with Crippen LogP contribution in [-0.4, -0.2) is 43.5 Å². The predicted molar refractivity (Wildman–Crippen MR) is 115 cm³/mol. The van der Waals surface area contributed by atoms with Gasteiger partial charge in [-0.25, -0.2) is 0 Å². The SMILES string of the molecule is O=C(CNC(=O)c1cccc(C(F)(F)F)c1)N[C@H]1CNCC[C@H]1NCc1ccc(Cl)cc1. The fourth-order valence-electron chi connectivity index (χ4n) is 3.46. The molecule has 10 heteroatoms. The van der Waals surface area contributed by atoms with Gasteiger partial charge in [-0.05, 0) is 48.9 Å². The first-order valence-corrected chi connectivity index (χ1v) is 10.5. The van der Waals surface area contributed by atoms with Gasteiger partial charge in [-0.3, -0.25) is 9.59 Å². The summed E-state index contributed by atoms with van der Waals surface area (Å²) in [5.41, 5.74) is -0.0155. The van der Waals surface area contributed by atoms with Crippen molar-refractivity contribution in [2.75, 3.05) is 19.6 Å². The smallest absolute Gasteiger partial charge is 0.349 e. The van der Waals surface area contributed by atoms with Gasteiger partial charge in [0.2, 0.25) is 5.91 Å². The molecule has 172 valence electrons. The third-order valence-electron chi connectivity index (χ3n) is 5.17. The predicted octanol–water partition coefficient (Wildman–Crippen LogP) is 2.73. The number of carbonyl (C=O) groups excluding carboxylic acids is 2. The fourth-order valence-corrected chi connectivity index (χ4v) is 3.59. The van der Waals surface area contributed by atoms with E-state index in [1.807, 2.05) is 24.3 Å². The zero-order valence-electron chi connectivity index (χ0n) is 17.1. The number of rotatable bonds is 7. The van der Waals surface area contributed by atoms with E-state index in [-0.39, 0.29) is 24.2 Å². The lowest BCUT2D eigenvalue weighted by atomic mass is 10.00. The Morgan fingerprint density at radius 2 is 1.84 bits per heavy atom. The standard InChI is InChI=1S/C22H24ClF3N4O2/c23-17-6-4-14(5-7-17)11-28-18-8-9-27-12-19(18)30-20(31)13-29-21(32)15-2-1-3-16(10-15)22(24,25)26/h1-7,10,18-19,27-28H,8-9,11-13H2,(H,29,32)(H,30,31)/t18-,19+/m1/s1. The Morgan fingerprint density at radius 1 is 1.09 bits per heavy atom. The topological polar surface area (TPSA) is 82.3 Å². The quantitative estimate of drug-likeness (QED) is 0.503. The van der Waals surface area contributed by atoms with Crippen LogP contribution < -0.4 is 21.3 Å². The van der Waals surface area contributed by atoms with E-state index < -0.39 is 23.6 Å². The van der Waals surface area contributed by atoms with E-state index in [1.54, 1.807) is 0 Å². The lowest BCUT2D eigenvalue weighted by molar-refractivity contribution is -0.137. The van der Waals surface area contributed by atoms with Crippen LogP contribution in [0.2, 0.25) is 5.02 Å². The maximum absolute atomic E-state index is 12.8. The molecule has 6 nitrogen and oxygen atoms in total. The molecule has 1 heterocycles. The molecule has 2 atom stereocenters. The molecule has 4 N–H and O–H groups in total. The maximum Gasteiger partial charge on any atom is 0.416 e. The summed E-state index contributed by atoms with van der Waals surface area (Å²) >= 11 is 5.90. The Labute approximate surface area is 188 Å². The van der Waals surface area contributed by atoms with Crippen LogP contribution in [-0.2, 0) is 17.5 Å². The first-order chi connectivity index (χ1) is 15.2. The van der Waals surface area contributed by atoms with Gasteiger partial charge >= 0.3 is 6.18 Å². The molecule has 0 radical (unpaired) electrons. The molecular weight excluding hydrogens is 445 g/mol. The second-order valence-electron chi connectivity index (χ2n) is 7.54. The Kier molecular flexibility index (Phi) is 8.11. The molecule has 0 unspecified atom stereocenters. The first-order valence-electron chi connectivity index (χ1n) is 10.2. The summed E-state index contributed by atoms with van der Waals surface area (Å²) in [5, 5.41) is 12.6. The van der Waals surface area contributed by atoms with Gasteiger partial charge in [0, 0.05) is 29.7 Å². The molecule has 0 bridgehead atoms. The minimum atomic E-state index is -4.55. The molecule has 2 aromatic rings. The third-order valence-corrected chi connectivity index (χ3v) is 5.42. The van der Waals surface area contributed by atoms with Gasteiger partial charge in [-0.15, -0.1) is 0 Å². The molecule has 0 aromatic heterocycles. The van der Waals surface area contributed by atoms with E-state index in [1.165, 1.54) is 6.07 Å². The van der Waals surface area contributed by atoms with Crippen molar-refractivity contribution in [3.63, 3.8) is 0 Å². The Morgan fingerprint density at radius 3 is 2.56 bits per heavy atom. The summed E-state index contributed by atoms with van der Waals surface area (Å²) in [6, 6.07) is 11.4. The largest absolute Gasteiger partial charge is 0.416 e. The van der Waals surface area contributed by atoms with Crippen LogP contribution in [0.3, 0.4) is 0 Å². The van der Waals surface area contributed by atoms with Crippen LogP contribution in [0.4, 0.5) is 13.2 Å². The number of amides is 2. The second-order valence-corrected chi connectivity index (χ2v) is 7.98. The number of halogens is 4. The lowest BCUT2D eigenvalue weighted by Crippen LogP contribution is -2.59.